The van der Waals surface area contributed by atoms with Crippen LogP contribution < -0.4 is 15.4 Å². The predicted molar refractivity (Wildman–Crippen MR) is 94.2 cm³/mol. The van der Waals surface area contributed by atoms with Gasteiger partial charge in [0.05, 0.1) is 24.5 Å². The van der Waals surface area contributed by atoms with E-state index in [9.17, 15) is 4.79 Å². The molecule has 0 atom stereocenters. The van der Waals surface area contributed by atoms with Crippen molar-refractivity contribution in [3.05, 3.63) is 41.3 Å². The second-order valence-electron chi connectivity index (χ2n) is 5.32. The molecular weight excluding hydrogens is 330 g/mol. The number of halogens is 1. The molecule has 2 aromatic rings. The molecule has 0 aliphatic rings. The second kappa shape index (κ2) is 8.47. The number of anilines is 2. The van der Waals surface area contributed by atoms with Crippen molar-refractivity contribution in [3.8, 4) is 5.75 Å². The lowest BCUT2D eigenvalue weighted by Gasteiger charge is -2.10. The van der Waals surface area contributed by atoms with Crippen molar-refractivity contribution >= 4 is 29.0 Å². The largest absolute Gasteiger partial charge is 0.495 e. The first kappa shape index (κ1) is 18.0. The van der Waals surface area contributed by atoms with Gasteiger partial charge in [0.15, 0.2) is 0 Å². The van der Waals surface area contributed by atoms with Crippen molar-refractivity contribution in [1.29, 1.82) is 0 Å². The highest BCUT2D eigenvalue weighted by Crippen LogP contribution is 2.28. The SMILES string of the molecule is COc1ccc(Nc2cnc(C(=O)NCCN(C)C)cn2)cc1Cl. The van der Waals surface area contributed by atoms with Gasteiger partial charge in [0, 0.05) is 18.8 Å². The Balaban J connectivity index is 1.96. The summed E-state index contributed by atoms with van der Waals surface area (Å²) in [5, 5.41) is 6.35. The number of ether oxygens (including phenoxy) is 1. The lowest BCUT2D eigenvalue weighted by Crippen LogP contribution is -2.31. The van der Waals surface area contributed by atoms with Crippen LogP contribution in [0.25, 0.3) is 0 Å². The Morgan fingerprint density at radius 1 is 1.29 bits per heavy atom. The molecule has 0 unspecified atom stereocenters. The van der Waals surface area contributed by atoms with Crippen LogP contribution in [0.2, 0.25) is 5.02 Å². The van der Waals surface area contributed by atoms with Crippen LogP contribution in [0, 0.1) is 0 Å². The molecule has 2 N–H and O–H groups in total. The summed E-state index contributed by atoms with van der Waals surface area (Å²) in [7, 11) is 5.44. The number of nitrogens with one attached hydrogen (secondary N) is 2. The maximum atomic E-state index is 11.9. The minimum atomic E-state index is -0.247. The number of benzene rings is 1. The molecule has 0 bridgehead atoms. The zero-order valence-corrected chi connectivity index (χ0v) is 14.6. The summed E-state index contributed by atoms with van der Waals surface area (Å²) in [6.45, 7) is 1.31. The van der Waals surface area contributed by atoms with E-state index in [2.05, 4.69) is 20.6 Å². The zero-order valence-electron chi connectivity index (χ0n) is 13.8. The molecule has 2 rings (SSSR count). The van der Waals surface area contributed by atoms with E-state index in [-0.39, 0.29) is 11.6 Å². The Bertz CT molecular complexity index is 691. The van der Waals surface area contributed by atoms with Crippen LogP contribution in [0.3, 0.4) is 0 Å². The van der Waals surface area contributed by atoms with E-state index < -0.39 is 0 Å². The van der Waals surface area contributed by atoms with Crippen LogP contribution in [-0.4, -0.2) is 55.1 Å². The van der Waals surface area contributed by atoms with E-state index in [0.29, 0.717) is 23.1 Å². The van der Waals surface area contributed by atoms with Gasteiger partial charge in [0.1, 0.15) is 17.3 Å². The van der Waals surface area contributed by atoms with Crippen molar-refractivity contribution in [2.75, 3.05) is 39.6 Å². The average molecular weight is 350 g/mol. The van der Waals surface area contributed by atoms with E-state index in [1.165, 1.54) is 12.4 Å². The molecule has 0 saturated heterocycles. The van der Waals surface area contributed by atoms with Gasteiger partial charge in [0.25, 0.3) is 5.91 Å². The summed E-state index contributed by atoms with van der Waals surface area (Å²) in [5.41, 5.74) is 1.02. The molecule has 1 heterocycles. The van der Waals surface area contributed by atoms with Gasteiger partial charge in [-0.3, -0.25) is 4.79 Å². The summed E-state index contributed by atoms with van der Waals surface area (Å²) >= 11 is 6.08. The predicted octanol–water partition coefficient (Wildman–Crippen LogP) is 2.17. The molecule has 1 aromatic carbocycles. The van der Waals surface area contributed by atoms with Crippen molar-refractivity contribution in [2.45, 2.75) is 0 Å². The number of hydrogen-bond donors (Lipinski definition) is 2. The summed E-state index contributed by atoms with van der Waals surface area (Å²) in [6.07, 6.45) is 2.93. The minimum Gasteiger partial charge on any atom is -0.495 e. The highest BCUT2D eigenvalue weighted by atomic mass is 35.5. The quantitative estimate of drug-likeness (QED) is 0.797. The van der Waals surface area contributed by atoms with Gasteiger partial charge in [-0.15, -0.1) is 0 Å². The molecule has 0 spiro atoms. The first-order chi connectivity index (χ1) is 11.5. The number of methoxy groups -OCH3 is 1. The fourth-order valence-electron chi connectivity index (χ4n) is 1.89. The highest BCUT2D eigenvalue weighted by Gasteiger charge is 2.08. The Morgan fingerprint density at radius 3 is 2.67 bits per heavy atom. The summed E-state index contributed by atoms with van der Waals surface area (Å²) in [4.78, 5) is 22.2. The molecule has 0 radical (unpaired) electrons. The van der Waals surface area contributed by atoms with Crippen molar-refractivity contribution in [3.63, 3.8) is 0 Å². The summed E-state index contributed by atoms with van der Waals surface area (Å²) < 4.78 is 5.10. The first-order valence-electron chi connectivity index (χ1n) is 7.35. The third kappa shape index (κ3) is 5.07. The molecule has 0 saturated carbocycles. The normalized spacial score (nSPS) is 10.5. The fourth-order valence-corrected chi connectivity index (χ4v) is 2.14. The molecule has 8 heteroatoms. The minimum absolute atomic E-state index is 0.247. The molecule has 0 aliphatic carbocycles. The Labute approximate surface area is 146 Å². The molecule has 0 fully saturated rings. The molecular formula is C16H20ClN5O2. The van der Waals surface area contributed by atoms with Crippen molar-refractivity contribution in [1.82, 2.24) is 20.2 Å². The maximum absolute atomic E-state index is 11.9. The van der Waals surface area contributed by atoms with E-state index in [4.69, 9.17) is 16.3 Å². The van der Waals surface area contributed by atoms with Gasteiger partial charge in [-0.05, 0) is 32.3 Å². The Hall–Kier alpha value is -2.38. The summed E-state index contributed by atoms with van der Waals surface area (Å²) in [6, 6.07) is 5.29. The number of likely N-dealkylation sites (N-methyl/N-ethyl adjacent to an activating group) is 1. The number of carbonyl (C=O) groups is 1. The van der Waals surface area contributed by atoms with Gasteiger partial charge in [-0.2, -0.15) is 0 Å². The monoisotopic (exact) mass is 349 g/mol. The van der Waals surface area contributed by atoms with Crippen LogP contribution in [-0.2, 0) is 0 Å². The number of amides is 1. The molecule has 0 aliphatic heterocycles. The number of carbonyl (C=O) groups excluding carboxylic acids is 1. The molecule has 24 heavy (non-hydrogen) atoms. The van der Waals surface area contributed by atoms with E-state index >= 15 is 0 Å². The Kier molecular flexibility index (Phi) is 6.34. The highest BCUT2D eigenvalue weighted by molar-refractivity contribution is 6.32. The second-order valence-corrected chi connectivity index (χ2v) is 5.73. The van der Waals surface area contributed by atoms with Gasteiger partial charge < -0.3 is 20.3 Å². The van der Waals surface area contributed by atoms with Gasteiger partial charge in [-0.1, -0.05) is 11.6 Å². The Morgan fingerprint density at radius 2 is 2.08 bits per heavy atom. The van der Waals surface area contributed by atoms with Crippen molar-refractivity contribution in [2.24, 2.45) is 0 Å². The average Bonchev–Trinajstić information content (AvgIpc) is 2.55. The lowest BCUT2D eigenvalue weighted by atomic mass is 10.3. The molecule has 1 amide bonds. The third-order valence-corrected chi connectivity index (χ3v) is 3.45. The fraction of sp³-hybridized carbons (Fsp3) is 0.312. The molecule has 128 valence electrons. The number of aromatic nitrogens is 2. The van der Waals surface area contributed by atoms with Crippen LogP contribution in [0.4, 0.5) is 11.5 Å². The van der Waals surface area contributed by atoms with Crippen LogP contribution in [0.15, 0.2) is 30.6 Å². The number of nitrogens with zero attached hydrogens (tertiary/aromatic N) is 3. The van der Waals surface area contributed by atoms with E-state index in [0.717, 1.165) is 12.2 Å². The van der Waals surface area contributed by atoms with Gasteiger partial charge in [-0.25, -0.2) is 9.97 Å². The lowest BCUT2D eigenvalue weighted by molar-refractivity contribution is 0.0945. The smallest absolute Gasteiger partial charge is 0.271 e. The maximum Gasteiger partial charge on any atom is 0.271 e. The van der Waals surface area contributed by atoms with Crippen molar-refractivity contribution < 1.29 is 9.53 Å². The van der Waals surface area contributed by atoms with E-state index in [1.54, 1.807) is 19.2 Å². The zero-order chi connectivity index (χ0) is 17.5. The van der Waals surface area contributed by atoms with Crippen LogP contribution >= 0.6 is 11.6 Å². The van der Waals surface area contributed by atoms with Gasteiger partial charge in [0.2, 0.25) is 0 Å². The first-order valence-corrected chi connectivity index (χ1v) is 7.73. The summed E-state index contributed by atoms with van der Waals surface area (Å²) in [5.74, 6) is 0.863. The topological polar surface area (TPSA) is 79.4 Å². The molecule has 7 nitrogen and oxygen atoms in total. The third-order valence-electron chi connectivity index (χ3n) is 3.15. The van der Waals surface area contributed by atoms with E-state index in [1.807, 2.05) is 25.1 Å². The number of rotatable bonds is 7. The van der Waals surface area contributed by atoms with Crippen LogP contribution in [0.5, 0.6) is 5.75 Å². The number of hydrogen-bond acceptors (Lipinski definition) is 6. The molecule has 1 aromatic heterocycles. The standard InChI is InChI=1S/C16H20ClN5O2/c1-22(2)7-6-18-16(23)13-9-20-15(10-19-13)21-11-4-5-14(24-3)12(17)8-11/h4-5,8-10H,6-7H2,1-3H3,(H,18,23)(H,20,21). The van der Waals surface area contributed by atoms with Crippen LogP contribution in [0.1, 0.15) is 10.5 Å². The van der Waals surface area contributed by atoms with Gasteiger partial charge >= 0.3 is 0 Å².